The summed E-state index contributed by atoms with van der Waals surface area (Å²) in [6.07, 6.45) is 2.55. The standard InChI is InChI=1S/C13H15ClN2/c1-15-7-8-2-5-11-10(6-8)12(14)13(16-11)9-3-4-9/h2,5-6,9,15-16H,3-4,7H2,1H3. The van der Waals surface area contributed by atoms with E-state index in [1.165, 1.54) is 24.1 Å². The number of hydrogen-bond donors (Lipinski definition) is 2. The first-order valence-electron chi connectivity index (χ1n) is 5.74. The molecule has 1 fully saturated rings. The van der Waals surface area contributed by atoms with Gasteiger partial charge in [0, 0.05) is 29.1 Å². The van der Waals surface area contributed by atoms with Crippen molar-refractivity contribution in [1.82, 2.24) is 10.3 Å². The minimum atomic E-state index is 0.674. The summed E-state index contributed by atoms with van der Waals surface area (Å²) >= 11 is 6.41. The largest absolute Gasteiger partial charge is 0.357 e. The van der Waals surface area contributed by atoms with Gasteiger partial charge in [0.25, 0.3) is 0 Å². The monoisotopic (exact) mass is 234 g/mol. The van der Waals surface area contributed by atoms with Crippen LogP contribution in [0, 0.1) is 0 Å². The Bertz CT molecular complexity index is 526. The highest BCUT2D eigenvalue weighted by molar-refractivity contribution is 6.36. The lowest BCUT2D eigenvalue weighted by Crippen LogP contribution is -2.04. The molecule has 0 unspecified atom stereocenters. The van der Waals surface area contributed by atoms with E-state index in [0.717, 1.165) is 22.5 Å². The summed E-state index contributed by atoms with van der Waals surface area (Å²) in [5.74, 6) is 0.674. The molecule has 0 amide bonds. The van der Waals surface area contributed by atoms with Crippen LogP contribution in [0.2, 0.25) is 5.02 Å². The third kappa shape index (κ3) is 1.62. The molecule has 0 radical (unpaired) electrons. The fourth-order valence-corrected chi connectivity index (χ4v) is 2.55. The molecule has 2 nitrogen and oxygen atoms in total. The van der Waals surface area contributed by atoms with Gasteiger partial charge in [0.2, 0.25) is 0 Å². The van der Waals surface area contributed by atoms with Crippen molar-refractivity contribution >= 4 is 22.5 Å². The average Bonchev–Trinajstić information content (AvgIpc) is 3.07. The van der Waals surface area contributed by atoms with Crippen molar-refractivity contribution in [3.63, 3.8) is 0 Å². The molecule has 0 aliphatic heterocycles. The van der Waals surface area contributed by atoms with Crippen molar-refractivity contribution < 1.29 is 0 Å². The number of nitrogens with one attached hydrogen (secondary N) is 2. The van der Waals surface area contributed by atoms with Crippen molar-refractivity contribution in [2.45, 2.75) is 25.3 Å². The Balaban J connectivity index is 2.11. The molecule has 0 saturated heterocycles. The fourth-order valence-electron chi connectivity index (χ4n) is 2.19. The van der Waals surface area contributed by atoms with E-state index >= 15 is 0 Å². The first-order chi connectivity index (χ1) is 7.79. The van der Waals surface area contributed by atoms with E-state index in [4.69, 9.17) is 11.6 Å². The maximum absolute atomic E-state index is 6.41. The molecule has 1 aliphatic carbocycles. The smallest absolute Gasteiger partial charge is 0.0694 e. The van der Waals surface area contributed by atoms with Crippen molar-refractivity contribution in [2.75, 3.05) is 7.05 Å². The molecule has 1 aromatic carbocycles. The summed E-state index contributed by atoms with van der Waals surface area (Å²) < 4.78 is 0. The van der Waals surface area contributed by atoms with Crippen LogP contribution in [0.5, 0.6) is 0 Å². The lowest BCUT2D eigenvalue weighted by molar-refractivity contribution is 0.819. The zero-order valence-corrected chi connectivity index (χ0v) is 10.1. The number of rotatable bonds is 3. The number of H-pyrrole nitrogens is 1. The number of benzene rings is 1. The number of hydrogen-bond acceptors (Lipinski definition) is 1. The molecule has 84 valence electrons. The molecular formula is C13H15ClN2. The van der Waals surface area contributed by atoms with Gasteiger partial charge in [-0.3, -0.25) is 0 Å². The second-order valence-corrected chi connectivity index (χ2v) is 4.92. The van der Waals surface area contributed by atoms with Gasteiger partial charge in [-0.2, -0.15) is 0 Å². The molecule has 0 bridgehead atoms. The van der Waals surface area contributed by atoms with Gasteiger partial charge >= 0.3 is 0 Å². The lowest BCUT2D eigenvalue weighted by Gasteiger charge is -1.99. The highest BCUT2D eigenvalue weighted by Crippen LogP contribution is 2.45. The molecule has 2 N–H and O–H groups in total. The summed E-state index contributed by atoms with van der Waals surface area (Å²) in [5, 5.41) is 5.25. The Labute approximate surface area is 100.0 Å². The van der Waals surface area contributed by atoms with Crippen LogP contribution < -0.4 is 5.32 Å². The van der Waals surface area contributed by atoms with Crippen molar-refractivity contribution in [1.29, 1.82) is 0 Å². The molecule has 1 aliphatic rings. The molecule has 1 heterocycles. The van der Waals surface area contributed by atoms with E-state index in [0.29, 0.717) is 5.92 Å². The summed E-state index contributed by atoms with van der Waals surface area (Å²) in [6, 6.07) is 6.44. The Hall–Kier alpha value is -0.990. The molecule has 2 aromatic rings. The predicted molar refractivity (Wildman–Crippen MR) is 68.0 cm³/mol. The van der Waals surface area contributed by atoms with Gasteiger partial charge in [-0.1, -0.05) is 17.7 Å². The fraction of sp³-hybridized carbons (Fsp3) is 0.385. The summed E-state index contributed by atoms with van der Waals surface area (Å²) in [4.78, 5) is 3.44. The van der Waals surface area contributed by atoms with Gasteiger partial charge in [-0.15, -0.1) is 0 Å². The summed E-state index contributed by atoms with van der Waals surface area (Å²) in [7, 11) is 1.96. The molecule has 0 atom stereocenters. The third-order valence-corrected chi connectivity index (χ3v) is 3.60. The maximum atomic E-state index is 6.41. The van der Waals surface area contributed by atoms with Gasteiger partial charge in [0.1, 0.15) is 0 Å². The third-order valence-electron chi connectivity index (χ3n) is 3.19. The second kappa shape index (κ2) is 3.79. The van der Waals surface area contributed by atoms with Crippen LogP contribution in [-0.4, -0.2) is 12.0 Å². The molecular weight excluding hydrogens is 220 g/mol. The first kappa shape index (κ1) is 10.2. The molecule has 3 rings (SSSR count). The van der Waals surface area contributed by atoms with E-state index < -0.39 is 0 Å². The van der Waals surface area contributed by atoms with Crippen LogP contribution in [-0.2, 0) is 6.54 Å². The van der Waals surface area contributed by atoms with Crippen LogP contribution in [0.25, 0.3) is 10.9 Å². The SMILES string of the molecule is CNCc1ccc2[nH]c(C3CC3)c(Cl)c2c1. The van der Waals surface area contributed by atoms with E-state index in [9.17, 15) is 0 Å². The summed E-state index contributed by atoms with van der Waals surface area (Å²) in [6.45, 7) is 0.885. The van der Waals surface area contributed by atoms with Crippen LogP contribution in [0.4, 0.5) is 0 Å². The lowest BCUT2D eigenvalue weighted by atomic mass is 10.1. The van der Waals surface area contributed by atoms with Crippen LogP contribution in [0.15, 0.2) is 18.2 Å². The average molecular weight is 235 g/mol. The normalized spacial score (nSPS) is 15.9. The number of halogens is 1. The highest BCUT2D eigenvalue weighted by atomic mass is 35.5. The van der Waals surface area contributed by atoms with Crippen LogP contribution in [0.3, 0.4) is 0 Å². The second-order valence-electron chi connectivity index (χ2n) is 4.54. The highest BCUT2D eigenvalue weighted by Gasteiger charge is 2.28. The predicted octanol–water partition coefficient (Wildman–Crippen LogP) is 3.42. The van der Waals surface area contributed by atoms with Gasteiger partial charge < -0.3 is 10.3 Å². The number of aromatic nitrogens is 1. The van der Waals surface area contributed by atoms with Crippen LogP contribution >= 0.6 is 11.6 Å². The molecule has 3 heteroatoms. The zero-order chi connectivity index (χ0) is 11.1. The molecule has 1 saturated carbocycles. The van der Waals surface area contributed by atoms with Gasteiger partial charge in [-0.25, -0.2) is 0 Å². The topological polar surface area (TPSA) is 27.8 Å². The van der Waals surface area contributed by atoms with Crippen molar-refractivity contribution in [3.8, 4) is 0 Å². The molecule has 1 aromatic heterocycles. The number of fused-ring (bicyclic) bond motifs is 1. The molecule has 16 heavy (non-hydrogen) atoms. The first-order valence-corrected chi connectivity index (χ1v) is 6.12. The Morgan fingerprint density at radius 1 is 1.44 bits per heavy atom. The van der Waals surface area contributed by atoms with Gasteiger partial charge in [0.05, 0.1) is 5.02 Å². The number of aromatic amines is 1. The Morgan fingerprint density at radius 2 is 2.25 bits per heavy atom. The minimum Gasteiger partial charge on any atom is -0.357 e. The Kier molecular flexibility index (Phi) is 2.41. The minimum absolute atomic E-state index is 0.674. The van der Waals surface area contributed by atoms with Gasteiger partial charge in [0.15, 0.2) is 0 Å². The zero-order valence-electron chi connectivity index (χ0n) is 9.31. The van der Waals surface area contributed by atoms with E-state index in [2.05, 4.69) is 28.5 Å². The van der Waals surface area contributed by atoms with E-state index in [1.54, 1.807) is 0 Å². The maximum Gasteiger partial charge on any atom is 0.0694 e. The quantitative estimate of drug-likeness (QED) is 0.837. The van der Waals surface area contributed by atoms with E-state index in [-0.39, 0.29) is 0 Å². The summed E-state index contributed by atoms with van der Waals surface area (Å²) in [5.41, 5.74) is 3.67. The van der Waals surface area contributed by atoms with Crippen molar-refractivity contribution in [3.05, 3.63) is 34.5 Å². The van der Waals surface area contributed by atoms with E-state index in [1.807, 2.05) is 7.05 Å². The Morgan fingerprint density at radius 3 is 2.94 bits per heavy atom. The molecule has 0 spiro atoms. The van der Waals surface area contributed by atoms with Gasteiger partial charge in [-0.05, 0) is 37.6 Å². The van der Waals surface area contributed by atoms with Crippen molar-refractivity contribution in [2.24, 2.45) is 0 Å². The van der Waals surface area contributed by atoms with Crippen LogP contribution in [0.1, 0.15) is 30.0 Å².